The van der Waals surface area contributed by atoms with E-state index in [0.29, 0.717) is 18.0 Å². The van der Waals surface area contributed by atoms with Crippen molar-refractivity contribution in [3.05, 3.63) is 22.4 Å². The summed E-state index contributed by atoms with van der Waals surface area (Å²) in [6.07, 6.45) is 0.368. The summed E-state index contributed by atoms with van der Waals surface area (Å²) in [5.74, 6) is 1.34. The molecule has 114 valence electrons. The van der Waals surface area contributed by atoms with Crippen LogP contribution in [0.2, 0.25) is 0 Å². The Morgan fingerprint density at radius 2 is 2.29 bits per heavy atom. The highest BCUT2D eigenvalue weighted by Crippen LogP contribution is 2.25. The Hall–Kier alpha value is -1.93. The number of aliphatic hydroxyl groups excluding tert-OH is 1. The Bertz CT molecular complexity index is 706. The molecule has 3 rings (SSSR count). The molecular weight excluding hydrogens is 272 g/mol. The third-order valence-corrected chi connectivity index (χ3v) is 3.82. The van der Waals surface area contributed by atoms with E-state index in [2.05, 4.69) is 25.0 Å². The van der Waals surface area contributed by atoms with Crippen LogP contribution in [0, 0.1) is 6.92 Å². The number of β-amino-alcohol motifs (C(OH)–C–C–N with tert-alkyl or cyclic N) is 1. The fourth-order valence-corrected chi connectivity index (χ4v) is 3.00. The third-order valence-electron chi connectivity index (χ3n) is 3.82. The first-order valence-electron chi connectivity index (χ1n) is 7.00. The maximum atomic E-state index is 11.6. The predicted molar refractivity (Wildman–Crippen MR) is 78.7 cm³/mol. The summed E-state index contributed by atoms with van der Waals surface area (Å²) in [5, 5.41) is 16.4. The molecule has 2 atom stereocenters. The van der Waals surface area contributed by atoms with E-state index < -0.39 is 0 Å². The molecular formula is C13H20N6O2. The van der Waals surface area contributed by atoms with Gasteiger partial charge in [0.25, 0.3) is 0 Å². The van der Waals surface area contributed by atoms with Crippen molar-refractivity contribution >= 4 is 11.5 Å². The van der Waals surface area contributed by atoms with E-state index in [0.717, 1.165) is 18.8 Å². The van der Waals surface area contributed by atoms with E-state index in [1.54, 1.807) is 13.0 Å². The van der Waals surface area contributed by atoms with Gasteiger partial charge in [-0.2, -0.15) is 5.10 Å². The van der Waals surface area contributed by atoms with Gasteiger partial charge in [-0.3, -0.25) is 0 Å². The zero-order chi connectivity index (χ0) is 15.1. The molecule has 0 spiro atoms. The first kappa shape index (κ1) is 14.0. The van der Waals surface area contributed by atoms with Gasteiger partial charge in [0.05, 0.1) is 6.10 Å². The van der Waals surface area contributed by atoms with E-state index in [1.807, 2.05) is 14.1 Å². The smallest absolute Gasteiger partial charge is 0.349 e. The number of fused-ring (bicyclic) bond motifs is 1. The number of nitrogens with one attached hydrogen (secondary N) is 1. The molecule has 1 aliphatic heterocycles. The van der Waals surface area contributed by atoms with Crippen LogP contribution in [0.15, 0.2) is 10.9 Å². The van der Waals surface area contributed by atoms with Gasteiger partial charge in [0, 0.05) is 25.2 Å². The minimum atomic E-state index is -0.352. The summed E-state index contributed by atoms with van der Waals surface area (Å²) in [4.78, 5) is 20.3. The van der Waals surface area contributed by atoms with Crippen LogP contribution >= 0.6 is 0 Å². The second-order valence-corrected chi connectivity index (χ2v) is 5.84. The molecule has 8 nitrogen and oxygen atoms in total. The van der Waals surface area contributed by atoms with Crippen molar-refractivity contribution in [1.82, 2.24) is 24.5 Å². The summed E-state index contributed by atoms with van der Waals surface area (Å²) in [6.45, 7) is 3.17. The van der Waals surface area contributed by atoms with Crippen molar-refractivity contribution in [2.75, 3.05) is 32.1 Å². The van der Waals surface area contributed by atoms with Crippen LogP contribution in [-0.4, -0.2) is 68.9 Å². The SMILES string of the molecule is Cc1nc(N2CC(O)CC2CN(C)C)cc2n[nH]c(=O)n12. The van der Waals surface area contributed by atoms with Crippen molar-refractivity contribution in [1.29, 1.82) is 0 Å². The molecule has 1 saturated heterocycles. The Kier molecular flexibility index (Phi) is 3.42. The maximum Gasteiger partial charge on any atom is 0.349 e. The van der Waals surface area contributed by atoms with Crippen LogP contribution in [-0.2, 0) is 0 Å². The lowest BCUT2D eigenvalue weighted by molar-refractivity contribution is 0.191. The second kappa shape index (κ2) is 5.12. The minimum absolute atomic E-state index is 0.204. The Morgan fingerprint density at radius 3 is 3.00 bits per heavy atom. The average Bonchev–Trinajstić information content (AvgIpc) is 2.93. The fourth-order valence-electron chi connectivity index (χ4n) is 3.00. The van der Waals surface area contributed by atoms with Crippen LogP contribution in [0.25, 0.3) is 5.65 Å². The molecule has 2 unspecified atom stereocenters. The number of aryl methyl sites for hydroxylation is 1. The lowest BCUT2D eigenvalue weighted by Gasteiger charge is -2.27. The van der Waals surface area contributed by atoms with Gasteiger partial charge in [-0.25, -0.2) is 19.3 Å². The maximum absolute atomic E-state index is 11.6. The predicted octanol–water partition coefficient (Wildman–Crippen LogP) is -0.773. The van der Waals surface area contributed by atoms with Gasteiger partial charge in [-0.15, -0.1) is 0 Å². The summed E-state index contributed by atoms with van der Waals surface area (Å²) in [6, 6.07) is 1.99. The lowest BCUT2D eigenvalue weighted by Crippen LogP contribution is -2.38. The lowest BCUT2D eigenvalue weighted by atomic mass is 10.2. The number of nitrogens with zero attached hydrogens (tertiary/aromatic N) is 5. The largest absolute Gasteiger partial charge is 0.391 e. The Morgan fingerprint density at radius 1 is 1.52 bits per heavy atom. The zero-order valence-electron chi connectivity index (χ0n) is 12.4. The molecule has 2 N–H and O–H groups in total. The molecule has 8 heteroatoms. The molecule has 0 aliphatic carbocycles. The van der Waals surface area contributed by atoms with Crippen molar-refractivity contribution in [2.24, 2.45) is 0 Å². The quantitative estimate of drug-likeness (QED) is 0.772. The minimum Gasteiger partial charge on any atom is -0.391 e. The molecule has 0 aromatic carbocycles. The van der Waals surface area contributed by atoms with Gasteiger partial charge in [0.1, 0.15) is 11.6 Å². The van der Waals surface area contributed by atoms with Gasteiger partial charge in [-0.05, 0) is 27.4 Å². The molecule has 1 aliphatic rings. The van der Waals surface area contributed by atoms with Crippen molar-refractivity contribution in [2.45, 2.75) is 25.5 Å². The number of aliphatic hydroxyl groups is 1. The van der Waals surface area contributed by atoms with Crippen molar-refractivity contribution in [3.63, 3.8) is 0 Å². The summed E-state index contributed by atoms with van der Waals surface area (Å²) < 4.78 is 1.44. The molecule has 0 radical (unpaired) electrons. The molecule has 0 saturated carbocycles. The van der Waals surface area contributed by atoms with Crippen molar-refractivity contribution < 1.29 is 5.11 Å². The molecule has 21 heavy (non-hydrogen) atoms. The summed E-state index contributed by atoms with van der Waals surface area (Å²) in [7, 11) is 4.02. The highest BCUT2D eigenvalue weighted by molar-refractivity contribution is 5.53. The van der Waals surface area contributed by atoms with Crippen LogP contribution in [0.3, 0.4) is 0 Å². The van der Waals surface area contributed by atoms with Crippen LogP contribution in [0.5, 0.6) is 0 Å². The Balaban J connectivity index is 2.00. The Labute approximate surface area is 122 Å². The highest BCUT2D eigenvalue weighted by atomic mass is 16.3. The molecule has 1 fully saturated rings. The number of aromatic nitrogens is 4. The van der Waals surface area contributed by atoms with Crippen LogP contribution in [0.1, 0.15) is 12.2 Å². The van der Waals surface area contributed by atoms with Crippen LogP contribution in [0.4, 0.5) is 5.82 Å². The zero-order valence-corrected chi connectivity index (χ0v) is 12.4. The van der Waals surface area contributed by atoms with Gasteiger partial charge in [-0.1, -0.05) is 0 Å². The molecule has 3 heterocycles. The van der Waals surface area contributed by atoms with E-state index in [9.17, 15) is 9.90 Å². The van der Waals surface area contributed by atoms with E-state index >= 15 is 0 Å². The summed E-state index contributed by atoms with van der Waals surface area (Å²) >= 11 is 0. The third kappa shape index (κ3) is 2.52. The molecule has 2 aromatic heterocycles. The number of hydrogen-bond acceptors (Lipinski definition) is 6. The normalized spacial score (nSPS) is 22.6. The summed E-state index contributed by atoms with van der Waals surface area (Å²) in [5.41, 5.74) is 0.264. The molecule has 0 bridgehead atoms. The second-order valence-electron chi connectivity index (χ2n) is 5.84. The van der Waals surface area contributed by atoms with E-state index in [-0.39, 0.29) is 17.8 Å². The van der Waals surface area contributed by atoms with Gasteiger partial charge in [0.15, 0.2) is 5.65 Å². The molecule has 2 aromatic rings. The van der Waals surface area contributed by atoms with Crippen LogP contribution < -0.4 is 10.6 Å². The fraction of sp³-hybridized carbons (Fsp3) is 0.615. The van der Waals surface area contributed by atoms with Crippen molar-refractivity contribution in [3.8, 4) is 0 Å². The number of likely N-dealkylation sites (N-methyl/N-ethyl adjacent to an activating group) is 1. The topological polar surface area (TPSA) is 89.8 Å². The number of hydrogen-bond donors (Lipinski definition) is 2. The number of anilines is 1. The first-order chi connectivity index (χ1) is 9.95. The van der Waals surface area contributed by atoms with E-state index in [1.165, 1.54) is 4.40 Å². The van der Waals surface area contributed by atoms with Gasteiger partial charge in [0.2, 0.25) is 0 Å². The number of rotatable bonds is 3. The molecule has 0 amide bonds. The average molecular weight is 292 g/mol. The highest BCUT2D eigenvalue weighted by Gasteiger charge is 2.32. The van der Waals surface area contributed by atoms with Gasteiger partial charge >= 0.3 is 5.69 Å². The van der Waals surface area contributed by atoms with E-state index in [4.69, 9.17) is 0 Å². The number of H-pyrrole nitrogens is 1. The van der Waals surface area contributed by atoms with Gasteiger partial charge < -0.3 is 14.9 Å². The number of aromatic amines is 1. The first-order valence-corrected chi connectivity index (χ1v) is 7.00. The standard InChI is InChI=1S/C13H20N6O2/c1-8-14-11(5-12-15-16-13(21)19(8)12)18-7-10(20)4-9(18)6-17(2)3/h5,9-10,20H,4,6-7H2,1-3H3,(H,16,21). The monoisotopic (exact) mass is 292 g/mol.